The Labute approximate surface area is 148 Å². The summed E-state index contributed by atoms with van der Waals surface area (Å²) >= 11 is 0. The predicted molar refractivity (Wildman–Crippen MR) is 86.3 cm³/mol. The molecule has 1 aromatic carbocycles. The lowest BCUT2D eigenvalue weighted by Crippen LogP contribution is -2.30. The summed E-state index contributed by atoms with van der Waals surface area (Å²) in [6.45, 7) is 0.598. The fourth-order valence-corrected chi connectivity index (χ4v) is 3.15. The number of esters is 2. The number of allylic oxidation sites excluding steroid dienone is 1. The van der Waals surface area contributed by atoms with Gasteiger partial charge in [0.25, 0.3) is 0 Å². The molecule has 2 aliphatic heterocycles. The van der Waals surface area contributed by atoms with Gasteiger partial charge in [-0.3, -0.25) is 0 Å². The summed E-state index contributed by atoms with van der Waals surface area (Å²) in [6.07, 6.45) is 0. The largest absolute Gasteiger partial charge is 0.463 e. The van der Waals surface area contributed by atoms with Crippen LogP contribution in [0.5, 0.6) is 5.75 Å². The Morgan fingerprint density at radius 3 is 2.88 bits per heavy atom. The van der Waals surface area contributed by atoms with Crippen LogP contribution in [-0.4, -0.2) is 31.8 Å². The maximum atomic E-state index is 12.5. The number of cyclic esters (lactones) is 1. The van der Waals surface area contributed by atoms with E-state index in [9.17, 15) is 18.4 Å². The van der Waals surface area contributed by atoms with E-state index in [0.29, 0.717) is 17.0 Å². The predicted octanol–water partition coefficient (Wildman–Crippen LogP) is 2.62. The topological polar surface area (TPSA) is 73.9 Å². The molecule has 0 spiro atoms. The average Bonchev–Trinajstić information content (AvgIpc) is 2.94. The molecule has 0 saturated heterocycles. The Balaban J connectivity index is 2.10. The van der Waals surface area contributed by atoms with Crippen LogP contribution < -0.4 is 10.1 Å². The van der Waals surface area contributed by atoms with Crippen LogP contribution in [0.25, 0.3) is 0 Å². The zero-order valence-corrected chi connectivity index (χ0v) is 14.2. The van der Waals surface area contributed by atoms with Crippen molar-refractivity contribution in [1.82, 2.24) is 5.32 Å². The van der Waals surface area contributed by atoms with Crippen LogP contribution >= 0.6 is 0 Å². The molecule has 1 N–H and O–H groups in total. The van der Waals surface area contributed by atoms with Crippen LogP contribution in [0.3, 0.4) is 0 Å². The molecule has 3 rings (SSSR count). The Morgan fingerprint density at radius 2 is 2.19 bits per heavy atom. The highest BCUT2D eigenvalue weighted by atomic mass is 19.3. The minimum Gasteiger partial charge on any atom is -0.463 e. The van der Waals surface area contributed by atoms with Crippen molar-refractivity contribution in [2.45, 2.75) is 26.4 Å². The monoisotopic (exact) mass is 365 g/mol. The molecule has 1 unspecified atom stereocenters. The molecule has 2 heterocycles. The maximum Gasteiger partial charge on any atom is 0.387 e. The van der Waals surface area contributed by atoms with E-state index in [1.54, 1.807) is 19.9 Å². The van der Waals surface area contributed by atoms with E-state index in [-0.39, 0.29) is 30.1 Å². The normalized spacial score (nSPS) is 19.3. The number of halogens is 2. The Bertz CT molecular complexity index is 816. The summed E-state index contributed by atoms with van der Waals surface area (Å²) in [6, 6.07) is 5.91. The van der Waals surface area contributed by atoms with E-state index in [0.717, 1.165) is 0 Å². The van der Waals surface area contributed by atoms with Crippen molar-refractivity contribution in [3.63, 3.8) is 0 Å². The first-order chi connectivity index (χ1) is 12.4. The van der Waals surface area contributed by atoms with Crippen molar-refractivity contribution in [3.05, 3.63) is 52.4 Å². The van der Waals surface area contributed by atoms with E-state index in [4.69, 9.17) is 9.47 Å². The van der Waals surface area contributed by atoms with E-state index in [2.05, 4.69) is 10.1 Å². The molecule has 138 valence electrons. The number of carbonyl (C=O) groups excluding carboxylic acids is 2. The smallest absolute Gasteiger partial charge is 0.387 e. The van der Waals surface area contributed by atoms with Crippen molar-refractivity contribution < 1.29 is 32.6 Å². The first-order valence-corrected chi connectivity index (χ1v) is 8.02. The van der Waals surface area contributed by atoms with Crippen LogP contribution in [0.4, 0.5) is 8.78 Å². The van der Waals surface area contributed by atoms with E-state index < -0.39 is 24.5 Å². The third-order valence-corrected chi connectivity index (χ3v) is 4.12. The van der Waals surface area contributed by atoms with Gasteiger partial charge >= 0.3 is 18.6 Å². The third kappa shape index (κ3) is 3.26. The molecule has 1 atom stereocenters. The van der Waals surface area contributed by atoms with Crippen LogP contribution in [0.15, 0.2) is 46.8 Å². The summed E-state index contributed by atoms with van der Waals surface area (Å²) in [4.78, 5) is 24.7. The van der Waals surface area contributed by atoms with Gasteiger partial charge in [-0.25, -0.2) is 9.59 Å². The number of dihydropyridines is 1. The van der Waals surface area contributed by atoms with Gasteiger partial charge in [-0.15, -0.1) is 0 Å². The maximum absolute atomic E-state index is 12.5. The van der Waals surface area contributed by atoms with E-state index >= 15 is 0 Å². The Morgan fingerprint density at radius 1 is 1.42 bits per heavy atom. The van der Waals surface area contributed by atoms with Crippen molar-refractivity contribution in [2.75, 3.05) is 13.2 Å². The van der Waals surface area contributed by atoms with Gasteiger partial charge in [0.15, 0.2) is 0 Å². The van der Waals surface area contributed by atoms with Gasteiger partial charge in [0, 0.05) is 5.70 Å². The molecule has 0 fully saturated rings. The van der Waals surface area contributed by atoms with E-state index in [1.165, 1.54) is 18.2 Å². The summed E-state index contributed by atoms with van der Waals surface area (Å²) in [5.74, 6) is -2.01. The second-order valence-corrected chi connectivity index (χ2v) is 5.74. The number of ether oxygens (including phenoxy) is 3. The summed E-state index contributed by atoms with van der Waals surface area (Å²) < 4.78 is 39.7. The van der Waals surface area contributed by atoms with Crippen molar-refractivity contribution in [3.8, 4) is 5.75 Å². The van der Waals surface area contributed by atoms with Gasteiger partial charge in [-0.2, -0.15) is 8.78 Å². The van der Waals surface area contributed by atoms with Gasteiger partial charge < -0.3 is 19.5 Å². The molecule has 26 heavy (non-hydrogen) atoms. The molecular formula is C18H17F2NO5. The molecule has 2 aliphatic rings. The van der Waals surface area contributed by atoms with Crippen molar-refractivity contribution in [1.29, 1.82) is 0 Å². The number of benzene rings is 1. The third-order valence-electron chi connectivity index (χ3n) is 4.12. The number of nitrogens with one attached hydrogen (secondary N) is 1. The minimum atomic E-state index is -2.98. The fourth-order valence-electron chi connectivity index (χ4n) is 3.15. The van der Waals surface area contributed by atoms with Gasteiger partial charge in [0.05, 0.1) is 29.4 Å². The van der Waals surface area contributed by atoms with Crippen LogP contribution in [0.1, 0.15) is 25.3 Å². The molecule has 0 amide bonds. The van der Waals surface area contributed by atoms with Gasteiger partial charge in [0.1, 0.15) is 12.4 Å². The minimum absolute atomic E-state index is 0.0609. The first kappa shape index (κ1) is 17.9. The molecular weight excluding hydrogens is 348 g/mol. The Kier molecular flexibility index (Phi) is 4.92. The summed E-state index contributed by atoms with van der Waals surface area (Å²) in [7, 11) is 0. The number of rotatable bonds is 5. The highest BCUT2D eigenvalue weighted by Gasteiger charge is 2.41. The van der Waals surface area contributed by atoms with Gasteiger partial charge in [-0.1, -0.05) is 12.1 Å². The quantitative estimate of drug-likeness (QED) is 0.809. The fraction of sp³-hybridized carbons (Fsp3) is 0.333. The Hall–Kier alpha value is -2.90. The second-order valence-electron chi connectivity index (χ2n) is 5.74. The highest BCUT2D eigenvalue weighted by Crippen LogP contribution is 2.42. The molecule has 1 aromatic rings. The molecule has 0 radical (unpaired) electrons. The zero-order valence-electron chi connectivity index (χ0n) is 14.2. The van der Waals surface area contributed by atoms with Crippen LogP contribution in [-0.2, 0) is 19.1 Å². The SMILES string of the molecule is CCOC(=O)C1=C(C)NC2=C(C(=O)OC2)C1c1cccc(OC(F)F)c1. The van der Waals surface area contributed by atoms with Crippen LogP contribution in [0, 0.1) is 0 Å². The molecule has 0 bridgehead atoms. The number of carbonyl (C=O) groups is 2. The van der Waals surface area contributed by atoms with Crippen molar-refractivity contribution >= 4 is 11.9 Å². The lowest BCUT2D eigenvalue weighted by molar-refractivity contribution is -0.138. The van der Waals surface area contributed by atoms with Crippen molar-refractivity contribution in [2.24, 2.45) is 0 Å². The molecule has 0 saturated carbocycles. The lowest BCUT2D eigenvalue weighted by atomic mass is 9.81. The number of alkyl halides is 2. The van der Waals surface area contributed by atoms with Crippen LogP contribution in [0.2, 0.25) is 0 Å². The molecule has 6 nitrogen and oxygen atoms in total. The zero-order chi connectivity index (χ0) is 18.8. The van der Waals surface area contributed by atoms with Gasteiger partial charge in [-0.05, 0) is 31.5 Å². The van der Waals surface area contributed by atoms with E-state index in [1.807, 2.05) is 0 Å². The molecule has 0 aliphatic carbocycles. The summed E-state index contributed by atoms with van der Waals surface area (Å²) in [5, 5.41) is 3.01. The second kappa shape index (κ2) is 7.15. The average molecular weight is 365 g/mol. The molecule has 0 aromatic heterocycles. The molecule has 8 heteroatoms. The lowest BCUT2D eigenvalue weighted by Gasteiger charge is -2.27. The number of hydrogen-bond donors (Lipinski definition) is 1. The summed E-state index contributed by atoms with van der Waals surface area (Å²) in [5.41, 5.74) is 2.03. The van der Waals surface area contributed by atoms with Gasteiger partial charge in [0.2, 0.25) is 0 Å². The standard InChI is InChI=1S/C18H17F2NO5/c1-3-24-16(22)13-9(2)21-12-8-25-17(23)15(12)14(13)10-5-4-6-11(7-10)26-18(19)20/h4-7,14,18,21H,3,8H2,1-2H3. The first-order valence-electron chi connectivity index (χ1n) is 8.02. The highest BCUT2D eigenvalue weighted by molar-refractivity contribution is 6.01. The number of hydrogen-bond acceptors (Lipinski definition) is 6.